The number of fused-ring (bicyclic) bond motifs is 1. The highest BCUT2D eigenvalue weighted by atomic mass is 16.5. The summed E-state index contributed by atoms with van der Waals surface area (Å²) < 4.78 is 11.0. The third kappa shape index (κ3) is 4.75. The molecule has 146 valence electrons. The number of ether oxygens (including phenoxy) is 2. The fraction of sp³-hybridized carbons (Fsp3) is 0.500. The molecule has 1 saturated heterocycles. The Morgan fingerprint density at radius 3 is 2.89 bits per heavy atom. The van der Waals surface area contributed by atoms with E-state index in [1.165, 1.54) is 4.90 Å². The molecule has 2 aliphatic heterocycles. The number of benzene rings is 1. The second-order valence-corrected chi connectivity index (χ2v) is 6.66. The van der Waals surface area contributed by atoms with Crippen LogP contribution in [0.4, 0.5) is 5.69 Å². The van der Waals surface area contributed by atoms with Crippen LogP contribution < -0.4 is 9.64 Å². The lowest BCUT2D eigenvalue weighted by atomic mass is 10.2. The summed E-state index contributed by atoms with van der Waals surface area (Å²) >= 11 is 0. The second-order valence-electron chi connectivity index (χ2n) is 6.66. The maximum absolute atomic E-state index is 12.8. The highest BCUT2D eigenvalue weighted by molar-refractivity contribution is 6.02. The highest BCUT2D eigenvalue weighted by Crippen LogP contribution is 2.31. The van der Waals surface area contributed by atoms with Gasteiger partial charge in [0.1, 0.15) is 12.3 Å². The van der Waals surface area contributed by atoms with Gasteiger partial charge in [-0.1, -0.05) is 12.1 Å². The van der Waals surface area contributed by atoms with Crippen molar-refractivity contribution in [2.24, 2.45) is 0 Å². The summed E-state index contributed by atoms with van der Waals surface area (Å²) in [6.45, 7) is 1.36. The van der Waals surface area contributed by atoms with Gasteiger partial charge in [0.25, 0.3) is 5.91 Å². The predicted octanol–water partition coefficient (Wildman–Crippen LogP) is -0.344. The number of carboxylic acid groups (broad SMARTS) is 1. The van der Waals surface area contributed by atoms with Gasteiger partial charge < -0.3 is 19.5 Å². The molecule has 1 fully saturated rings. The Balaban J connectivity index is 1.61. The second kappa shape index (κ2) is 8.36. The molecule has 1 aromatic rings. The Kier molecular flexibility index (Phi) is 5.92. The van der Waals surface area contributed by atoms with E-state index >= 15 is 0 Å². The van der Waals surface area contributed by atoms with E-state index < -0.39 is 5.97 Å². The summed E-state index contributed by atoms with van der Waals surface area (Å²) in [6.07, 6.45) is -0.264. The molecule has 3 rings (SSSR count). The Bertz CT molecular complexity index is 725. The number of aliphatic carboxylic acids is 1. The zero-order chi connectivity index (χ0) is 19.4. The van der Waals surface area contributed by atoms with Crippen LogP contribution in [-0.2, 0) is 19.1 Å². The van der Waals surface area contributed by atoms with E-state index in [1.807, 2.05) is 6.07 Å². The normalized spacial score (nSPS) is 19.6. The lowest BCUT2D eigenvalue weighted by Crippen LogP contribution is -2.53. The minimum atomic E-state index is -0.911. The van der Waals surface area contributed by atoms with E-state index in [9.17, 15) is 14.4 Å². The molecule has 2 aliphatic rings. The van der Waals surface area contributed by atoms with Gasteiger partial charge in [-0.25, -0.2) is 0 Å². The number of hydrogen-bond donors (Lipinski definition) is 1. The van der Waals surface area contributed by atoms with Crippen molar-refractivity contribution < 1.29 is 29.0 Å². The van der Waals surface area contributed by atoms with Crippen LogP contribution in [-0.4, -0.2) is 91.8 Å². The predicted molar refractivity (Wildman–Crippen MR) is 95.7 cm³/mol. The van der Waals surface area contributed by atoms with Gasteiger partial charge in [0.15, 0.2) is 6.61 Å². The first-order valence-electron chi connectivity index (χ1n) is 8.76. The summed E-state index contributed by atoms with van der Waals surface area (Å²) in [6, 6.07) is 7.13. The van der Waals surface area contributed by atoms with Crippen LogP contribution in [0, 0.1) is 0 Å². The summed E-state index contributed by atoms with van der Waals surface area (Å²) in [7, 11) is 1.70. The van der Waals surface area contributed by atoms with Crippen molar-refractivity contribution in [3.63, 3.8) is 0 Å². The quantitative estimate of drug-likeness (QED) is 0.724. The number of para-hydroxylation sites is 2. The fourth-order valence-corrected chi connectivity index (χ4v) is 3.26. The third-order valence-corrected chi connectivity index (χ3v) is 4.51. The van der Waals surface area contributed by atoms with Crippen molar-refractivity contribution in [2.45, 2.75) is 6.10 Å². The van der Waals surface area contributed by atoms with Crippen molar-refractivity contribution in [2.75, 3.05) is 57.9 Å². The minimum Gasteiger partial charge on any atom is -0.482 e. The minimum absolute atomic E-state index is 0.0586. The number of hydrogen-bond acceptors (Lipinski definition) is 6. The monoisotopic (exact) mass is 377 g/mol. The van der Waals surface area contributed by atoms with Gasteiger partial charge in [0.2, 0.25) is 5.91 Å². The van der Waals surface area contributed by atoms with Crippen molar-refractivity contribution >= 4 is 23.5 Å². The van der Waals surface area contributed by atoms with E-state index in [0.29, 0.717) is 37.7 Å². The van der Waals surface area contributed by atoms with E-state index in [2.05, 4.69) is 0 Å². The zero-order valence-corrected chi connectivity index (χ0v) is 15.2. The van der Waals surface area contributed by atoms with Crippen LogP contribution in [0.3, 0.4) is 0 Å². The van der Waals surface area contributed by atoms with Crippen LogP contribution in [0.5, 0.6) is 5.75 Å². The molecule has 9 heteroatoms. The first kappa shape index (κ1) is 19.1. The highest BCUT2D eigenvalue weighted by Gasteiger charge is 2.31. The summed E-state index contributed by atoms with van der Waals surface area (Å²) in [5.41, 5.74) is 0.591. The number of carbonyl (C=O) groups excluding carboxylic acids is 2. The van der Waals surface area contributed by atoms with E-state index in [-0.39, 0.29) is 37.6 Å². The van der Waals surface area contributed by atoms with E-state index in [0.717, 1.165) is 0 Å². The van der Waals surface area contributed by atoms with Gasteiger partial charge in [-0.05, 0) is 19.2 Å². The smallest absolute Gasteiger partial charge is 0.317 e. The van der Waals surface area contributed by atoms with Gasteiger partial charge in [-0.2, -0.15) is 0 Å². The molecule has 1 N–H and O–H groups in total. The average molecular weight is 377 g/mol. The lowest BCUT2D eigenvalue weighted by Gasteiger charge is -2.36. The summed E-state index contributed by atoms with van der Waals surface area (Å²) in [4.78, 5) is 40.5. The molecule has 27 heavy (non-hydrogen) atoms. The van der Waals surface area contributed by atoms with Crippen LogP contribution in [0.25, 0.3) is 0 Å². The number of likely N-dealkylation sites (N-methyl/N-ethyl adjacent to an activating group) is 1. The Morgan fingerprint density at radius 1 is 1.33 bits per heavy atom. The van der Waals surface area contributed by atoms with Crippen LogP contribution in [0.1, 0.15) is 0 Å². The molecule has 1 atom stereocenters. The van der Waals surface area contributed by atoms with Gasteiger partial charge >= 0.3 is 5.97 Å². The Hall–Kier alpha value is -2.65. The first-order valence-corrected chi connectivity index (χ1v) is 8.76. The molecule has 0 aromatic heterocycles. The number of morpholine rings is 1. The molecule has 0 aliphatic carbocycles. The van der Waals surface area contributed by atoms with Gasteiger partial charge in [0.05, 0.1) is 24.9 Å². The molecule has 2 amide bonds. The molecule has 2 heterocycles. The van der Waals surface area contributed by atoms with Crippen LogP contribution in [0.15, 0.2) is 24.3 Å². The molecule has 0 spiro atoms. The van der Waals surface area contributed by atoms with Crippen LogP contribution in [0.2, 0.25) is 0 Å². The van der Waals surface area contributed by atoms with Gasteiger partial charge in [0, 0.05) is 19.6 Å². The van der Waals surface area contributed by atoms with Crippen molar-refractivity contribution in [1.29, 1.82) is 0 Å². The van der Waals surface area contributed by atoms with Crippen molar-refractivity contribution in [3.05, 3.63) is 24.3 Å². The molecule has 0 radical (unpaired) electrons. The Labute approximate surface area is 157 Å². The maximum Gasteiger partial charge on any atom is 0.317 e. The number of amides is 2. The van der Waals surface area contributed by atoms with Crippen molar-refractivity contribution in [3.8, 4) is 5.75 Å². The molecule has 1 unspecified atom stereocenters. The molecule has 0 saturated carbocycles. The topological polar surface area (TPSA) is 99.6 Å². The average Bonchev–Trinajstić information content (AvgIpc) is 2.63. The molecular weight excluding hydrogens is 354 g/mol. The Morgan fingerprint density at radius 2 is 2.11 bits per heavy atom. The molecular formula is C18H23N3O6. The fourth-order valence-electron chi connectivity index (χ4n) is 3.26. The summed E-state index contributed by atoms with van der Waals surface area (Å²) in [5.74, 6) is -0.756. The number of rotatable bonds is 6. The van der Waals surface area contributed by atoms with Crippen LogP contribution >= 0.6 is 0 Å². The zero-order valence-electron chi connectivity index (χ0n) is 15.2. The van der Waals surface area contributed by atoms with E-state index in [1.54, 1.807) is 35.0 Å². The first-order chi connectivity index (χ1) is 12.9. The number of carboxylic acids is 1. The largest absolute Gasteiger partial charge is 0.482 e. The third-order valence-electron chi connectivity index (χ3n) is 4.51. The lowest BCUT2D eigenvalue weighted by molar-refractivity contribution is -0.142. The number of carbonyl (C=O) groups is 3. The summed E-state index contributed by atoms with van der Waals surface area (Å²) in [5, 5.41) is 8.85. The standard InChI is InChI=1S/C18H23N3O6/c1-19(11-18(24)25)8-13-9-20(6-7-26-13)16(22)10-21-14-4-2-3-5-15(14)27-12-17(21)23/h2-5,13H,6-12H2,1H3,(H,24,25). The van der Waals surface area contributed by atoms with Gasteiger partial charge in [-0.3, -0.25) is 24.2 Å². The molecule has 9 nitrogen and oxygen atoms in total. The van der Waals surface area contributed by atoms with Gasteiger partial charge in [-0.15, -0.1) is 0 Å². The molecule has 0 bridgehead atoms. The van der Waals surface area contributed by atoms with E-state index in [4.69, 9.17) is 14.6 Å². The maximum atomic E-state index is 12.8. The van der Waals surface area contributed by atoms with Crippen molar-refractivity contribution in [1.82, 2.24) is 9.80 Å². The molecule has 1 aromatic carbocycles. The SMILES string of the molecule is CN(CC(=O)O)CC1CN(C(=O)CN2C(=O)COc3ccccc32)CCO1. The number of nitrogens with zero attached hydrogens (tertiary/aromatic N) is 3. The number of anilines is 1.